The van der Waals surface area contributed by atoms with Crippen molar-refractivity contribution in [3.8, 4) is 0 Å². The van der Waals surface area contributed by atoms with Gasteiger partial charge >= 0.3 is 0 Å². The molecule has 3 nitrogen and oxygen atoms in total. The van der Waals surface area contributed by atoms with Gasteiger partial charge in [0, 0.05) is 27.4 Å². The highest BCUT2D eigenvalue weighted by Gasteiger charge is 2.13. The maximum atomic E-state index is 11.7. The fourth-order valence-electron chi connectivity index (χ4n) is 1.97. The van der Waals surface area contributed by atoms with Gasteiger partial charge in [0.1, 0.15) is 0 Å². The molecule has 124 valence electrons. The molecular weight excluding hydrogens is 371 g/mol. The summed E-state index contributed by atoms with van der Waals surface area (Å²) in [4.78, 5) is 17.4. The Hall–Kier alpha value is -0.750. The number of benzene rings is 1. The van der Waals surface area contributed by atoms with Crippen LogP contribution in [0, 0.1) is 6.92 Å². The summed E-state index contributed by atoms with van der Waals surface area (Å²) in [5.74, 6) is 0.403. The maximum Gasteiger partial charge on any atom is 0.230 e. The van der Waals surface area contributed by atoms with Crippen LogP contribution in [0.5, 0.6) is 0 Å². The van der Waals surface area contributed by atoms with Crippen molar-refractivity contribution < 1.29 is 4.79 Å². The van der Waals surface area contributed by atoms with Crippen LogP contribution < -0.4 is 5.32 Å². The molecule has 1 heterocycles. The minimum atomic E-state index is 0.0253. The molecule has 0 atom stereocenters. The molecule has 1 aromatic heterocycles. The lowest BCUT2D eigenvalue weighted by molar-refractivity contribution is -0.119. The molecular formula is C16H18Cl2N2OS2. The summed E-state index contributed by atoms with van der Waals surface area (Å²) >= 11 is 15.3. The van der Waals surface area contributed by atoms with Crippen LogP contribution in [0.1, 0.15) is 30.0 Å². The van der Waals surface area contributed by atoms with Gasteiger partial charge in [0.2, 0.25) is 5.91 Å². The Bertz CT molecular complexity index is 701. The summed E-state index contributed by atoms with van der Waals surface area (Å²) in [5, 5.41) is 4.25. The van der Waals surface area contributed by atoms with Crippen LogP contribution in [-0.2, 0) is 11.2 Å². The zero-order chi connectivity index (χ0) is 17.0. The van der Waals surface area contributed by atoms with E-state index in [2.05, 4.69) is 10.3 Å². The van der Waals surface area contributed by atoms with Gasteiger partial charge in [-0.25, -0.2) is 4.98 Å². The monoisotopic (exact) mass is 388 g/mol. The smallest absolute Gasteiger partial charge is 0.230 e. The Balaban J connectivity index is 2.03. The summed E-state index contributed by atoms with van der Waals surface area (Å²) in [7, 11) is 0. The highest BCUT2D eigenvalue weighted by Crippen LogP contribution is 2.31. The van der Waals surface area contributed by atoms with E-state index >= 15 is 0 Å². The van der Waals surface area contributed by atoms with Crippen molar-refractivity contribution >= 4 is 52.2 Å². The normalized spacial score (nSPS) is 11.0. The van der Waals surface area contributed by atoms with Gasteiger partial charge in [0.15, 0.2) is 4.34 Å². The molecule has 0 bridgehead atoms. The van der Waals surface area contributed by atoms with Crippen molar-refractivity contribution in [2.75, 3.05) is 5.75 Å². The number of halogens is 2. The number of nitrogens with zero attached hydrogens (tertiary/aromatic N) is 1. The number of hydrogen-bond acceptors (Lipinski definition) is 4. The van der Waals surface area contributed by atoms with Crippen molar-refractivity contribution in [2.24, 2.45) is 0 Å². The van der Waals surface area contributed by atoms with E-state index in [0.717, 1.165) is 20.5 Å². The predicted octanol–water partition coefficient (Wildman–Crippen LogP) is 4.97. The van der Waals surface area contributed by atoms with Gasteiger partial charge in [0.05, 0.1) is 11.4 Å². The summed E-state index contributed by atoms with van der Waals surface area (Å²) in [6, 6.07) is 5.62. The molecule has 1 amide bonds. The molecule has 0 radical (unpaired) electrons. The minimum absolute atomic E-state index is 0.0253. The number of aryl methyl sites for hydroxylation is 1. The number of rotatable bonds is 6. The van der Waals surface area contributed by atoms with Crippen molar-refractivity contribution in [2.45, 2.75) is 37.6 Å². The van der Waals surface area contributed by atoms with E-state index in [4.69, 9.17) is 23.2 Å². The summed E-state index contributed by atoms with van der Waals surface area (Å²) in [5.41, 5.74) is 1.96. The number of nitrogens with one attached hydrogen (secondary N) is 1. The van der Waals surface area contributed by atoms with E-state index in [1.165, 1.54) is 11.8 Å². The Morgan fingerprint density at radius 1 is 1.39 bits per heavy atom. The first kappa shape index (κ1) is 18.6. The number of thiazole rings is 1. The number of aromatic nitrogens is 1. The van der Waals surface area contributed by atoms with Gasteiger partial charge < -0.3 is 5.32 Å². The first-order chi connectivity index (χ1) is 10.8. The molecule has 0 spiro atoms. The van der Waals surface area contributed by atoms with E-state index in [0.29, 0.717) is 22.2 Å². The highest BCUT2D eigenvalue weighted by atomic mass is 35.5. The first-order valence-electron chi connectivity index (χ1n) is 7.17. The topological polar surface area (TPSA) is 42.0 Å². The van der Waals surface area contributed by atoms with E-state index in [9.17, 15) is 4.79 Å². The van der Waals surface area contributed by atoms with Crippen LogP contribution in [0.2, 0.25) is 10.0 Å². The molecule has 0 aliphatic rings. The van der Waals surface area contributed by atoms with Crippen molar-refractivity contribution in [1.29, 1.82) is 0 Å². The predicted molar refractivity (Wildman–Crippen MR) is 100 cm³/mol. The third-order valence-corrected chi connectivity index (χ3v) is 5.91. The van der Waals surface area contributed by atoms with Gasteiger partial charge in [0.25, 0.3) is 0 Å². The Labute approximate surface area is 154 Å². The van der Waals surface area contributed by atoms with E-state index in [-0.39, 0.29) is 11.9 Å². The first-order valence-corrected chi connectivity index (χ1v) is 9.73. The largest absolute Gasteiger partial charge is 0.353 e. The fourth-order valence-corrected chi connectivity index (χ4v) is 4.42. The second-order valence-electron chi connectivity index (χ2n) is 5.41. The summed E-state index contributed by atoms with van der Waals surface area (Å²) in [6.45, 7) is 5.87. The van der Waals surface area contributed by atoms with Crippen LogP contribution in [0.4, 0.5) is 0 Å². The van der Waals surface area contributed by atoms with Gasteiger partial charge in [-0.2, -0.15) is 0 Å². The zero-order valence-electron chi connectivity index (χ0n) is 13.2. The Morgan fingerprint density at radius 3 is 2.83 bits per heavy atom. The van der Waals surface area contributed by atoms with E-state index < -0.39 is 0 Å². The molecule has 2 rings (SSSR count). The average Bonchev–Trinajstić information content (AvgIpc) is 2.80. The standard InChI is InChI=1S/C16H18Cl2N2OS2/c1-9(2)19-15(21)8-22-16-20-10(3)14(23-16)7-11-6-12(17)4-5-13(11)18/h4-6,9H,7-8H2,1-3H3,(H,19,21). The van der Waals surface area contributed by atoms with Crippen LogP contribution in [0.15, 0.2) is 22.5 Å². The molecule has 0 aliphatic heterocycles. The average molecular weight is 389 g/mol. The lowest BCUT2D eigenvalue weighted by Crippen LogP contribution is -2.31. The molecule has 2 aromatic rings. The van der Waals surface area contributed by atoms with Crippen molar-refractivity contribution in [3.05, 3.63) is 44.4 Å². The van der Waals surface area contributed by atoms with Gasteiger partial charge in [-0.3, -0.25) is 4.79 Å². The fraction of sp³-hybridized carbons (Fsp3) is 0.375. The number of carbonyl (C=O) groups excluding carboxylic acids is 1. The second kappa shape index (κ2) is 8.38. The van der Waals surface area contributed by atoms with Crippen LogP contribution >= 0.6 is 46.3 Å². The third-order valence-electron chi connectivity index (χ3n) is 3.01. The van der Waals surface area contributed by atoms with Crippen molar-refractivity contribution in [3.63, 3.8) is 0 Å². The molecule has 0 unspecified atom stereocenters. The molecule has 0 fully saturated rings. The molecule has 23 heavy (non-hydrogen) atoms. The molecule has 0 saturated heterocycles. The minimum Gasteiger partial charge on any atom is -0.353 e. The maximum absolute atomic E-state index is 11.7. The summed E-state index contributed by atoms with van der Waals surface area (Å²) < 4.78 is 0.898. The molecule has 7 heteroatoms. The number of amides is 1. The van der Waals surface area contributed by atoms with E-state index in [1.807, 2.05) is 32.9 Å². The number of carbonyl (C=O) groups is 1. The Morgan fingerprint density at radius 2 is 2.13 bits per heavy atom. The quantitative estimate of drug-likeness (QED) is 0.710. The van der Waals surface area contributed by atoms with Gasteiger partial charge in [-0.05, 0) is 44.5 Å². The highest BCUT2D eigenvalue weighted by molar-refractivity contribution is 8.01. The number of thioether (sulfide) groups is 1. The van der Waals surface area contributed by atoms with E-state index in [1.54, 1.807) is 17.4 Å². The van der Waals surface area contributed by atoms with Crippen LogP contribution in [0.25, 0.3) is 0 Å². The molecule has 1 aromatic carbocycles. The molecule has 0 saturated carbocycles. The van der Waals surface area contributed by atoms with Gasteiger partial charge in [-0.1, -0.05) is 35.0 Å². The lowest BCUT2D eigenvalue weighted by atomic mass is 10.1. The number of hydrogen-bond donors (Lipinski definition) is 1. The van der Waals surface area contributed by atoms with Crippen LogP contribution in [-0.4, -0.2) is 22.7 Å². The third kappa shape index (κ3) is 5.68. The second-order valence-corrected chi connectivity index (χ2v) is 8.56. The summed E-state index contributed by atoms with van der Waals surface area (Å²) in [6.07, 6.45) is 0.696. The van der Waals surface area contributed by atoms with Gasteiger partial charge in [-0.15, -0.1) is 11.3 Å². The molecule has 0 aliphatic carbocycles. The lowest BCUT2D eigenvalue weighted by Gasteiger charge is -2.06. The van der Waals surface area contributed by atoms with Crippen molar-refractivity contribution in [1.82, 2.24) is 10.3 Å². The van der Waals surface area contributed by atoms with Crippen LogP contribution in [0.3, 0.4) is 0 Å². The molecule has 1 N–H and O–H groups in total. The zero-order valence-corrected chi connectivity index (χ0v) is 16.3. The SMILES string of the molecule is Cc1nc(SCC(=O)NC(C)C)sc1Cc1cc(Cl)ccc1Cl. The Kier molecular flexibility index (Phi) is 6.77.